The number of carbonyl (C=O) groups excluding carboxylic acids is 1. The van der Waals surface area contributed by atoms with Crippen LogP contribution in [0.1, 0.15) is 36.0 Å². The van der Waals surface area contributed by atoms with Crippen molar-refractivity contribution < 1.29 is 4.79 Å². The molecule has 0 bridgehead atoms. The molecule has 4 nitrogen and oxygen atoms in total. The number of anilines is 1. The standard InChI is InChI=1S/C14H21N3O/c15-9-8-11-5-3-4-10-17(11)13-7-2-1-6-12(13)14(16)18/h1-2,6-7,11H,3-5,8-10,15H2,(H2,16,18). The third kappa shape index (κ3) is 2.64. The Morgan fingerprint density at radius 2 is 2.11 bits per heavy atom. The summed E-state index contributed by atoms with van der Waals surface area (Å²) in [7, 11) is 0. The number of nitrogens with zero attached hydrogens (tertiary/aromatic N) is 1. The molecule has 1 aliphatic rings. The molecule has 4 heteroatoms. The van der Waals surface area contributed by atoms with Gasteiger partial charge in [-0.05, 0) is 44.4 Å². The Hall–Kier alpha value is -1.55. The number of hydrogen-bond acceptors (Lipinski definition) is 3. The number of hydrogen-bond donors (Lipinski definition) is 2. The minimum absolute atomic E-state index is 0.359. The maximum absolute atomic E-state index is 11.5. The van der Waals surface area contributed by atoms with Crippen molar-refractivity contribution in [3.8, 4) is 0 Å². The van der Waals surface area contributed by atoms with Gasteiger partial charge in [-0.2, -0.15) is 0 Å². The highest BCUT2D eigenvalue weighted by molar-refractivity contribution is 5.98. The van der Waals surface area contributed by atoms with Gasteiger partial charge >= 0.3 is 0 Å². The lowest BCUT2D eigenvalue weighted by Crippen LogP contribution is -2.41. The van der Waals surface area contributed by atoms with Crippen LogP contribution in [0.25, 0.3) is 0 Å². The number of nitrogens with two attached hydrogens (primary N) is 2. The van der Waals surface area contributed by atoms with Gasteiger partial charge in [0, 0.05) is 18.3 Å². The Labute approximate surface area is 108 Å². The molecule has 1 unspecified atom stereocenters. The number of benzene rings is 1. The first-order valence-electron chi connectivity index (χ1n) is 6.59. The lowest BCUT2D eigenvalue weighted by molar-refractivity contribution is 0.100. The minimum Gasteiger partial charge on any atom is -0.368 e. The van der Waals surface area contributed by atoms with Gasteiger partial charge in [0.15, 0.2) is 0 Å². The van der Waals surface area contributed by atoms with Crippen molar-refractivity contribution in [3.05, 3.63) is 29.8 Å². The first kappa shape index (κ1) is 12.9. The number of amides is 1. The van der Waals surface area contributed by atoms with E-state index in [1.54, 1.807) is 6.07 Å². The normalized spacial score (nSPS) is 19.8. The largest absolute Gasteiger partial charge is 0.368 e. The van der Waals surface area contributed by atoms with Crippen molar-refractivity contribution in [2.75, 3.05) is 18.0 Å². The van der Waals surface area contributed by atoms with Crippen LogP contribution in [0.2, 0.25) is 0 Å². The molecular weight excluding hydrogens is 226 g/mol. The minimum atomic E-state index is -0.359. The maximum Gasteiger partial charge on any atom is 0.250 e. The summed E-state index contributed by atoms with van der Waals surface area (Å²) >= 11 is 0. The zero-order valence-corrected chi connectivity index (χ0v) is 10.6. The van der Waals surface area contributed by atoms with Gasteiger partial charge in [-0.1, -0.05) is 12.1 Å². The van der Waals surface area contributed by atoms with Gasteiger partial charge in [-0.15, -0.1) is 0 Å². The van der Waals surface area contributed by atoms with E-state index >= 15 is 0 Å². The molecule has 98 valence electrons. The second-order valence-corrected chi connectivity index (χ2v) is 4.80. The molecule has 1 fully saturated rings. The summed E-state index contributed by atoms with van der Waals surface area (Å²) in [6.45, 7) is 1.66. The predicted molar refractivity (Wildman–Crippen MR) is 73.6 cm³/mol. The van der Waals surface area contributed by atoms with Crippen molar-refractivity contribution in [1.29, 1.82) is 0 Å². The summed E-state index contributed by atoms with van der Waals surface area (Å²) in [6, 6.07) is 8.02. The van der Waals surface area contributed by atoms with Crippen LogP contribution in [0, 0.1) is 0 Å². The van der Waals surface area contributed by atoms with Gasteiger partial charge in [0.1, 0.15) is 0 Å². The van der Waals surface area contributed by atoms with E-state index in [2.05, 4.69) is 4.90 Å². The van der Waals surface area contributed by atoms with Crippen LogP contribution in [0.15, 0.2) is 24.3 Å². The molecule has 4 N–H and O–H groups in total. The van der Waals surface area contributed by atoms with E-state index in [1.807, 2.05) is 18.2 Å². The van der Waals surface area contributed by atoms with E-state index in [-0.39, 0.29) is 5.91 Å². The molecule has 1 heterocycles. The molecular formula is C14H21N3O. The van der Waals surface area contributed by atoms with Crippen molar-refractivity contribution in [1.82, 2.24) is 0 Å². The Balaban J connectivity index is 2.30. The summed E-state index contributed by atoms with van der Waals surface area (Å²) in [5, 5.41) is 0. The van der Waals surface area contributed by atoms with Crippen LogP contribution in [0.4, 0.5) is 5.69 Å². The quantitative estimate of drug-likeness (QED) is 0.846. The van der Waals surface area contributed by atoms with E-state index < -0.39 is 0 Å². The van der Waals surface area contributed by atoms with E-state index in [4.69, 9.17) is 11.5 Å². The lowest BCUT2D eigenvalue weighted by Gasteiger charge is -2.38. The molecule has 0 aromatic heterocycles. The monoisotopic (exact) mass is 247 g/mol. The lowest BCUT2D eigenvalue weighted by atomic mass is 9.97. The molecule has 0 saturated carbocycles. The SMILES string of the molecule is NCCC1CCCCN1c1ccccc1C(N)=O. The Morgan fingerprint density at radius 3 is 2.83 bits per heavy atom. The molecule has 1 aromatic carbocycles. The smallest absolute Gasteiger partial charge is 0.250 e. The fraction of sp³-hybridized carbons (Fsp3) is 0.500. The number of piperidine rings is 1. The summed E-state index contributed by atoms with van der Waals surface area (Å²) in [5.74, 6) is -0.359. The first-order valence-corrected chi connectivity index (χ1v) is 6.59. The Bertz CT molecular complexity index is 417. The van der Waals surface area contributed by atoms with Crippen LogP contribution >= 0.6 is 0 Å². The maximum atomic E-state index is 11.5. The number of carbonyl (C=O) groups is 1. The fourth-order valence-electron chi connectivity index (χ4n) is 2.74. The number of rotatable bonds is 4. The average Bonchev–Trinajstić information content (AvgIpc) is 2.40. The molecule has 0 spiro atoms. The zero-order valence-electron chi connectivity index (χ0n) is 10.6. The second kappa shape index (κ2) is 5.87. The fourth-order valence-corrected chi connectivity index (χ4v) is 2.74. The van der Waals surface area contributed by atoms with Crippen LogP contribution in [0.3, 0.4) is 0 Å². The van der Waals surface area contributed by atoms with Crippen LogP contribution in [-0.4, -0.2) is 25.0 Å². The molecule has 1 saturated heterocycles. The van der Waals surface area contributed by atoms with E-state index in [0.29, 0.717) is 18.2 Å². The van der Waals surface area contributed by atoms with Gasteiger partial charge in [0.25, 0.3) is 5.91 Å². The summed E-state index contributed by atoms with van der Waals surface area (Å²) < 4.78 is 0. The molecule has 1 aromatic rings. The van der Waals surface area contributed by atoms with Crippen LogP contribution in [0.5, 0.6) is 0 Å². The van der Waals surface area contributed by atoms with Crippen molar-refractivity contribution in [3.63, 3.8) is 0 Å². The highest BCUT2D eigenvalue weighted by Gasteiger charge is 2.24. The number of primary amides is 1. The third-order valence-corrected chi connectivity index (χ3v) is 3.61. The molecule has 1 aliphatic heterocycles. The average molecular weight is 247 g/mol. The predicted octanol–water partition coefficient (Wildman–Crippen LogP) is 1.49. The van der Waals surface area contributed by atoms with Crippen molar-refractivity contribution >= 4 is 11.6 Å². The van der Waals surface area contributed by atoms with Crippen molar-refractivity contribution in [2.24, 2.45) is 11.5 Å². The van der Waals surface area contributed by atoms with E-state index in [1.165, 1.54) is 6.42 Å². The molecule has 0 radical (unpaired) electrons. The molecule has 2 rings (SSSR count). The molecule has 1 atom stereocenters. The highest BCUT2D eigenvalue weighted by Crippen LogP contribution is 2.28. The number of para-hydroxylation sites is 1. The highest BCUT2D eigenvalue weighted by atomic mass is 16.1. The summed E-state index contributed by atoms with van der Waals surface area (Å²) in [6.07, 6.45) is 4.51. The van der Waals surface area contributed by atoms with Crippen LogP contribution in [-0.2, 0) is 0 Å². The van der Waals surface area contributed by atoms with E-state index in [9.17, 15) is 4.79 Å². The van der Waals surface area contributed by atoms with Crippen LogP contribution < -0.4 is 16.4 Å². The van der Waals surface area contributed by atoms with Gasteiger partial charge in [0.05, 0.1) is 5.56 Å². The Kier molecular flexibility index (Phi) is 4.20. The van der Waals surface area contributed by atoms with Gasteiger partial charge in [-0.3, -0.25) is 4.79 Å². The zero-order chi connectivity index (χ0) is 13.0. The van der Waals surface area contributed by atoms with Gasteiger partial charge < -0.3 is 16.4 Å². The van der Waals surface area contributed by atoms with Gasteiger partial charge in [0.2, 0.25) is 0 Å². The van der Waals surface area contributed by atoms with Gasteiger partial charge in [-0.25, -0.2) is 0 Å². The first-order chi connectivity index (χ1) is 8.74. The molecule has 0 aliphatic carbocycles. The van der Waals surface area contributed by atoms with E-state index in [0.717, 1.165) is 31.5 Å². The topological polar surface area (TPSA) is 72.3 Å². The molecule has 18 heavy (non-hydrogen) atoms. The second-order valence-electron chi connectivity index (χ2n) is 4.80. The summed E-state index contributed by atoms with van der Waals surface area (Å²) in [4.78, 5) is 13.8. The molecule has 1 amide bonds. The van der Waals surface area contributed by atoms with Crippen molar-refractivity contribution in [2.45, 2.75) is 31.7 Å². The third-order valence-electron chi connectivity index (χ3n) is 3.61. The Morgan fingerprint density at radius 1 is 1.33 bits per heavy atom. The summed E-state index contributed by atoms with van der Waals surface area (Å²) in [5.41, 5.74) is 12.7.